The zero-order chi connectivity index (χ0) is 27.4. The van der Waals surface area contributed by atoms with Crippen LogP contribution in [0.25, 0.3) is 10.8 Å². The summed E-state index contributed by atoms with van der Waals surface area (Å²) in [5.74, 6) is 0.396. The Morgan fingerprint density at radius 2 is 1.74 bits per heavy atom. The third-order valence-corrected chi connectivity index (χ3v) is 6.69. The summed E-state index contributed by atoms with van der Waals surface area (Å²) < 4.78 is 5.36. The molecule has 9 heteroatoms. The van der Waals surface area contributed by atoms with Crippen molar-refractivity contribution in [3.63, 3.8) is 0 Å². The summed E-state index contributed by atoms with van der Waals surface area (Å²) >= 11 is 0. The van der Waals surface area contributed by atoms with E-state index < -0.39 is 22.9 Å². The van der Waals surface area contributed by atoms with Gasteiger partial charge in [-0.1, -0.05) is 19.1 Å². The van der Waals surface area contributed by atoms with Crippen LogP contribution in [0.3, 0.4) is 0 Å². The number of aliphatic carboxylic acids is 1. The number of rotatable bonds is 12. The fourth-order valence-electron chi connectivity index (χ4n) is 4.52. The van der Waals surface area contributed by atoms with Crippen molar-refractivity contribution >= 4 is 39.6 Å². The summed E-state index contributed by atoms with van der Waals surface area (Å²) in [7, 11) is 1.64. The van der Waals surface area contributed by atoms with Gasteiger partial charge in [0, 0.05) is 36.3 Å². The molecule has 0 bridgehead atoms. The molecule has 4 rings (SSSR count). The van der Waals surface area contributed by atoms with E-state index in [0.717, 1.165) is 45.7 Å². The van der Waals surface area contributed by atoms with Crippen LogP contribution in [0.1, 0.15) is 32.0 Å². The fraction of sp³-hybridized carbons (Fsp3) is 0.310. The highest BCUT2D eigenvalue weighted by molar-refractivity contribution is 5.94. The molecule has 38 heavy (non-hydrogen) atoms. The number of nitrogens with zero attached hydrogens (tertiary/aromatic N) is 2. The Bertz CT molecular complexity index is 1510. The number of carboxylic acid groups (broad SMARTS) is 1. The number of ether oxygens (including phenoxy) is 1. The Hall–Kier alpha value is -4.40. The van der Waals surface area contributed by atoms with Crippen LogP contribution >= 0.6 is 0 Å². The van der Waals surface area contributed by atoms with Gasteiger partial charge < -0.3 is 25.4 Å². The summed E-state index contributed by atoms with van der Waals surface area (Å²) in [6.45, 7) is 6.89. The van der Waals surface area contributed by atoms with Crippen molar-refractivity contribution in [1.29, 1.82) is 0 Å². The van der Waals surface area contributed by atoms with Gasteiger partial charge in [0.2, 0.25) is 0 Å². The average molecular weight is 517 g/mol. The van der Waals surface area contributed by atoms with Crippen LogP contribution in [0, 0.1) is 0 Å². The number of aromatic nitrogens is 1. The van der Waals surface area contributed by atoms with Gasteiger partial charge in [0.1, 0.15) is 29.0 Å². The van der Waals surface area contributed by atoms with Crippen LogP contribution in [-0.4, -0.2) is 42.3 Å². The molecule has 1 atom stereocenters. The smallest absolute Gasteiger partial charge is 0.326 e. The third-order valence-electron chi connectivity index (χ3n) is 6.69. The number of nitrogens with one attached hydrogen (secondary N) is 2. The standard InChI is InChI=1S/C29H32N4O5/c1-5-19-15-18-16-21(38-4)12-13-22(18)28(30-19)31-20-10-8-17(9-11-20)14-23(29(36)37)32-24-25(27(35)26(24)34)33(6-2)7-3/h8-13,15-16,23,32H,5-7,14H2,1-4H3,(H,30,31)(H,36,37)/t23-/m0/s1. The first-order valence-electron chi connectivity index (χ1n) is 12.7. The molecule has 0 unspecified atom stereocenters. The highest BCUT2D eigenvalue weighted by Crippen LogP contribution is 2.29. The van der Waals surface area contributed by atoms with E-state index in [1.165, 1.54) is 0 Å². The lowest BCUT2D eigenvalue weighted by molar-refractivity contribution is -0.137. The van der Waals surface area contributed by atoms with Crippen LogP contribution in [0.4, 0.5) is 22.9 Å². The Morgan fingerprint density at radius 1 is 1.03 bits per heavy atom. The molecule has 9 nitrogen and oxygen atoms in total. The van der Waals surface area contributed by atoms with Gasteiger partial charge in [-0.25, -0.2) is 9.78 Å². The van der Waals surface area contributed by atoms with Crippen molar-refractivity contribution in [3.8, 4) is 5.75 Å². The minimum absolute atomic E-state index is 0.0785. The number of fused-ring (bicyclic) bond motifs is 1. The lowest BCUT2D eigenvalue weighted by atomic mass is 10.0. The van der Waals surface area contributed by atoms with Crippen molar-refractivity contribution in [2.24, 2.45) is 0 Å². The number of hydrogen-bond acceptors (Lipinski definition) is 8. The Balaban J connectivity index is 1.53. The maximum absolute atomic E-state index is 12.2. The number of methoxy groups -OCH3 is 1. The van der Waals surface area contributed by atoms with Crippen LogP contribution in [-0.2, 0) is 17.6 Å². The second-order valence-corrected chi connectivity index (χ2v) is 9.02. The van der Waals surface area contributed by atoms with E-state index in [2.05, 4.69) is 10.6 Å². The average Bonchev–Trinajstić information content (AvgIpc) is 2.94. The van der Waals surface area contributed by atoms with E-state index >= 15 is 0 Å². The number of benzene rings is 2. The molecule has 1 aromatic heterocycles. The van der Waals surface area contributed by atoms with Crippen molar-refractivity contribution in [2.75, 3.05) is 35.7 Å². The molecule has 0 radical (unpaired) electrons. The molecule has 0 aliphatic carbocycles. The molecule has 0 spiro atoms. The zero-order valence-corrected chi connectivity index (χ0v) is 22.0. The van der Waals surface area contributed by atoms with E-state index in [4.69, 9.17) is 9.72 Å². The number of carboxylic acids is 1. The lowest BCUT2D eigenvalue weighted by Gasteiger charge is -2.26. The maximum Gasteiger partial charge on any atom is 0.326 e. The number of aryl methyl sites for hydroxylation is 1. The maximum atomic E-state index is 12.2. The predicted molar refractivity (Wildman–Crippen MR) is 151 cm³/mol. The van der Waals surface area contributed by atoms with Gasteiger partial charge in [0.15, 0.2) is 0 Å². The van der Waals surface area contributed by atoms with E-state index in [-0.39, 0.29) is 17.8 Å². The van der Waals surface area contributed by atoms with Gasteiger partial charge >= 0.3 is 5.97 Å². The monoisotopic (exact) mass is 516 g/mol. The largest absolute Gasteiger partial charge is 0.497 e. The SMILES string of the molecule is CCc1cc2cc(OC)ccc2c(Nc2ccc(C[C@H](Nc3c(N(CC)CC)c(=O)c3=O)C(=O)O)cc2)n1. The van der Waals surface area contributed by atoms with E-state index in [1.807, 2.05) is 69.3 Å². The Kier molecular flexibility index (Phi) is 7.95. The zero-order valence-electron chi connectivity index (χ0n) is 22.0. The first-order chi connectivity index (χ1) is 18.3. The van der Waals surface area contributed by atoms with E-state index in [9.17, 15) is 19.5 Å². The first kappa shape index (κ1) is 26.7. The van der Waals surface area contributed by atoms with Crippen LogP contribution < -0.4 is 31.1 Å². The summed E-state index contributed by atoms with van der Waals surface area (Å²) in [6.07, 6.45) is 0.920. The summed E-state index contributed by atoms with van der Waals surface area (Å²) in [4.78, 5) is 42.8. The van der Waals surface area contributed by atoms with Crippen LogP contribution in [0.15, 0.2) is 58.1 Å². The Labute approximate surface area is 220 Å². The summed E-state index contributed by atoms with van der Waals surface area (Å²) in [5, 5.41) is 18.0. The highest BCUT2D eigenvalue weighted by Gasteiger charge is 2.29. The molecule has 0 saturated heterocycles. The van der Waals surface area contributed by atoms with Crippen LogP contribution in [0.5, 0.6) is 5.75 Å². The molecule has 198 valence electrons. The molecular weight excluding hydrogens is 484 g/mol. The van der Waals surface area contributed by atoms with Crippen molar-refractivity contribution < 1.29 is 14.6 Å². The molecule has 0 amide bonds. The normalized spacial score (nSPS) is 11.9. The molecule has 0 saturated carbocycles. The number of hydrogen-bond donors (Lipinski definition) is 3. The van der Waals surface area contributed by atoms with Gasteiger partial charge in [-0.3, -0.25) is 9.59 Å². The quantitative estimate of drug-likeness (QED) is 0.239. The minimum atomic E-state index is -1.10. The minimum Gasteiger partial charge on any atom is -0.497 e. The molecule has 3 N–H and O–H groups in total. The van der Waals surface area contributed by atoms with Gasteiger partial charge in [0.05, 0.1) is 7.11 Å². The summed E-state index contributed by atoms with van der Waals surface area (Å²) in [6, 6.07) is 14.2. The summed E-state index contributed by atoms with van der Waals surface area (Å²) in [5.41, 5.74) is 1.60. The van der Waals surface area contributed by atoms with Gasteiger partial charge in [-0.15, -0.1) is 0 Å². The van der Waals surface area contributed by atoms with E-state index in [0.29, 0.717) is 13.1 Å². The molecule has 3 aromatic carbocycles. The first-order valence-corrected chi connectivity index (χ1v) is 12.7. The van der Waals surface area contributed by atoms with Gasteiger partial charge in [-0.05, 0) is 67.6 Å². The Morgan fingerprint density at radius 3 is 2.34 bits per heavy atom. The fourth-order valence-corrected chi connectivity index (χ4v) is 4.52. The predicted octanol–water partition coefficient (Wildman–Crippen LogP) is 4.10. The second-order valence-electron chi connectivity index (χ2n) is 9.02. The second kappa shape index (κ2) is 11.3. The highest BCUT2D eigenvalue weighted by atomic mass is 16.5. The van der Waals surface area contributed by atoms with Gasteiger partial charge in [-0.2, -0.15) is 0 Å². The number of carbonyl (C=O) groups is 1. The van der Waals surface area contributed by atoms with Crippen molar-refractivity contribution in [1.82, 2.24) is 4.98 Å². The molecule has 4 aromatic rings. The number of pyridine rings is 1. The van der Waals surface area contributed by atoms with Crippen molar-refractivity contribution in [3.05, 3.63) is 80.2 Å². The molecule has 0 aliphatic rings. The lowest BCUT2D eigenvalue weighted by Crippen LogP contribution is -2.45. The van der Waals surface area contributed by atoms with Crippen LogP contribution in [0.2, 0.25) is 0 Å². The molecule has 0 fully saturated rings. The van der Waals surface area contributed by atoms with Crippen molar-refractivity contribution in [2.45, 2.75) is 39.7 Å². The molecule has 0 aliphatic heterocycles. The van der Waals surface area contributed by atoms with E-state index in [1.54, 1.807) is 12.0 Å². The molecule has 1 heterocycles. The van der Waals surface area contributed by atoms with Gasteiger partial charge in [0.25, 0.3) is 10.9 Å². The third kappa shape index (κ3) is 5.32. The number of anilines is 4. The topological polar surface area (TPSA) is 121 Å². The molecular formula is C29H32N4O5.